The van der Waals surface area contributed by atoms with Gasteiger partial charge in [0, 0.05) is 6.54 Å². The number of carbonyl (C=O) groups is 2. The summed E-state index contributed by atoms with van der Waals surface area (Å²) in [5, 5.41) is 14.6. The van der Waals surface area contributed by atoms with E-state index in [4.69, 9.17) is 9.47 Å². The first kappa shape index (κ1) is 20.8. The average Bonchev–Trinajstić information content (AvgIpc) is 2.55. The van der Waals surface area contributed by atoms with Crippen LogP contribution in [0.1, 0.15) is 39.2 Å². The number of rotatable bonds is 8. The van der Waals surface area contributed by atoms with Gasteiger partial charge in [-0.3, -0.25) is 0 Å². The first-order valence-corrected chi connectivity index (χ1v) is 8.35. The molecule has 1 aromatic rings. The summed E-state index contributed by atoms with van der Waals surface area (Å²) < 4.78 is 10.2. The van der Waals surface area contributed by atoms with Gasteiger partial charge in [-0.2, -0.15) is 0 Å². The Morgan fingerprint density at radius 3 is 2.44 bits per heavy atom. The predicted molar refractivity (Wildman–Crippen MR) is 94.1 cm³/mol. The van der Waals surface area contributed by atoms with Crippen LogP contribution in [0, 0.1) is 0 Å². The Balaban J connectivity index is 2.17. The van der Waals surface area contributed by atoms with Gasteiger partial charge in [0.1, 0.15) is 5.60 Å². The molecule has 7 nitrogen and oxygen atoms in total. The van der Waals surface area contributed by atoms with E-state index in [1.807, 2.05) is 30.3 Å². The summed E-state index contributed by atoms with van der Waals surface area (Å²) in [5.41, 5.74) is 0.394. The summed E-state index contributed by atoms with van der Waals surface area (Å²) in [6, 6.07) is 9.09. The number of amides is 2. The molecule has 0 saturated heterocycles. The van der Waals surface area contributed by atoms with Crippen LogP contribution in [-0.4, -0.2) is 42.1 Å². The van der Waals surface area contributed by atoms with Crippen molar-refractivity contribution in [2.75, 3.05) is 13.2 Å². The summed E-state index contributed by atoms with van der Waals surface area (Å²) in [7, 11) is 0. The van der Waals surface area contributed by atoms with E-state index < -0.39 is 23.8 Å². The molecule has 0 aliphatic carbocycles. The van der Waals surface area contributed by atoms with Crippen molar-refractivity contribution >= 4 is 12.2 Å². The normalized spacial score (nSPS) is 12.2. The van der Waals surface area contributed by atoms with Crippen molar-refractivity contribution in [2.45, 2.75) is 51.8 Å². The van der Waals surface area contributed by atoms with Gasteiger partial charge in [0.2, 0.25) is 0 Å². The molecule has 140 valence electrons. The monoisotopic (exact) mass is 352 g/mol. The molecule has 7 heteroatoms. The molecule has 0 aromatic heterocycles. The van der Waals surface area contributed by atoms with Crippen molar-refractivity contribution in [2.24, 2.45) is 0 Å². The van der Waals surface area contributed by atoms with Crippen molar-refractivity contribution in [3.05, 3.63) is 35.9 Å². The van der Waals surface area contributed by atoms with Crippen molar-refractivity contribution in [1.82, 2.24) is 10.6 Å². The Morgan fingerprint density at radius 1 is 1.16 bits per heavy atom. The van der Waals surface area contributed by atoms with E-state index in [0.29, 0.717) is 19.4 Å². The fourth-order valence-corrected chi connectivity index (χ4v) is 2.00. The molecule has 3 N–H and O–H groups in total. The van der Waals surface area contributed by atoms with E-state index in [1.54, 1.807) is 20.8 Å². The molecule has 1 rings (SSSR count). The molecule has 1 aromatic carbocycles. The molecule has 0 bridgehead atoms. The van der Waals surface area contributed by atoms with Gasteiger partial charge in [0.15, 0.2) is 0 Å². The minimum atomic E-state index is -0.593. The van der Waals surface area contributed by atoms with Crippen LogP contribution in [0.15, 0.2) is 30.3 Å². The third-order valence-electron chi connectivity index (χ3n) is 3.15. The lowest BCUT2D eigenvalue weighted by Gasteiger charge is -2.22. The average molecular weight is 352 g/mol. The summed E-state index contributed by atoms with van der Waals surface area (Å²) in [4.78, 5) is 23.2. The molecule has 0 fully saturated rings. The summed E-state index contributed by atoms with van der Waals surface area (Å²) in [6.07, 6.45) is -0.0841. The van der Waals surface area contributed by atoms with Crippen LogP contribution < -0.4 is 10.6 Å². The predicted octanol–water partition coefficient (Wildman–Crippen LogP) is 2.58. The lowest BCUT2D eigenvalue weighted by molar-refractivity contribution is 0.0474. The van der Waals surface area contributed by atoms with Gasteiger partial charge in [-0.15, -0.1) is 0 Å². The molecule has 0 unspecified atom stereocenters. The molecule has 2 amide bonds. The zero-order valence-electron chi connectivity index (χ0n) is 15.1. The molecule has 1 atom stereocenters. The number of carbonyl (C=O) groups excluding carboxylic acids is 2. The molecular formula is C18H28N2O5. The fraction of sp³-hybridized carbons (Fsp3) is 0.556. The summed E-state index contributed by atoms with van der Waals surface area (Å²) in [5.74, 6) is 0. The van der Waals surface area contributed by atoms with Gasteiger partial charge in [0.25, 0.3) is 0 Å². The molecule has 25 heavy (non-hydrogen) atoms. The third-order valence-corrected chi connectivity index (χ3v) is 3.15. The van der Waals surface area contributed by atoms with Crippen LogP contribution in [0.2, 0.25) is 0 Å². The molecule has 0 spiro atoms. The fourth-order valence-electron chi connectivity index (χ4n) is 2.00. The Hall–Kier alpha value is -2.28. The van der Waals surface area contributed by atoms with Crippen molar-refractivity contribution < 1.29 is 24.2 Å². The SMILES string of the molecule is CC(C)(C)OC(=O)N[C@H](CO)CCCOC(=O)NCc1ccccc1. The van der Waals surface area contributed by atoms with Crippen LogP contribution in [0.25, 0.3) is 0 Å². The minimum absolute atomic E-state index is 0.202. The quantitative estimate of drug-likeness (QED) is 0.625. The zero-order valence-corrected chi connectivity index (χ0v) is 15.1. The highest BCUT2D eigenvalue weighted by molar-refractivity contribution is 5.68. The smallest absolute Gasteiger partial charge is 0.407 e. The molecule has 0 saturated carbocycles. The van der Waals surface area contributed by atoms with E-state index in [2.05, 4.69) is 10.6 Å². The lowest BCUT2D eigenvalue weighted by atomic mass is 10.2. The maximum atomic E-state index is 11.6. The van der Waals surface area contributed by atoms with Crippen molar-refractivity contribution in [3.8, 4) is 0 Å². The summed E-state index contributed by atoms with van der Waals surface area (Å²) in [6.45, 7) is 5.69. The molecule has 0 radical (unpaired) electrons. The lowest BCUT2D eigenvalue weighted by Crippen LogP contribution is -2.41. The van der Waals surface area contributed by atoms with E-state index in [9.17, 15) is 14.7 Å². The third kappa shape index (κ3) is 10.2. The van der Waals surface area contributed by atoms with E-state index in [-0.39, 0.29) is 13.2 Å². The Morgan fingerprint density at radius 2 is 1.84 bits per heavy atom. The minimum Gasteiger partial charge on any atom is -0.450 e. The molecule has 0 heterocycles. The standard InChI is InChI=1S/C18H28N2O5/c1-18(2,3)25-17(23)20-15(13-21)10-7-11-24-16(22)19-12-14-8-5-4-6-9-14/h4-6,8-9,15,21H,7,10-13H2,1-3H3,(H,19,22)(H,20,23)/t15-/m0/s1. The van der Waals surface area contributed by atoms with Crippen LogP contribution in [-0.2, 0) is 16.0 Å². The number of hydrogen-bond donors (Lipinski definition) is 3. The largest absolute Gasteiger partial charge is 0.450 e. The Bertz CT molecular complexity index is 528. The number of hydrogen-bond acceptors (Lipinski definition) is 5. The number of aliphatic hydroxyl groups excluding tert-OH is 1. The number of alkyl carbamates (subject to hydrolysis) is 2. The van der Waals surface area contributed by atoms with Crippen LogP contribution in [0.3, 0.4) is 0 Å². The second-order valence-electron chi connectivity index (χ2n) is 6.64. The highest BCUT2D eigenvalue weighted by Gasteiger charge is 2.19. The number of nitrogens with one attached hydrogen (secondary N) is 2. The van der Waals surface area contributed by atoms with Crippen LogP contribution in [0.5, 0.6) is 0 Å². The van der Waals surface area contributed by atoms with Gasteiger partial charge in [-0.05, 0) is 39.2 Å². The maximum absolute atomic E-state index is 11.6. The van der Waals surface area contributed by atoms with Gasteiger partial charge in [-0.1, -0.05) is 30.3 Å². The first-order chi connectivity index (χ1) is 11.8. The zero-order chi connectivity index (χ0) is 18.7. The van der Waals surface area contributed by atoms with E-state index >= 15 is 0 Å². The highest BCUT2D eigenvalue weighted by Crippen LogP contribution is 2.07. The number of aliphatic hydroxyl groups is 1. The number of ether oxygens (including phenoxy) is 2. The Labute approximate surface area is 148 Å². The highest BCUT2D eigenvalue weighted by atomic mass is 16.6. The van der Waals surface area contributed by atoms with Crippen molar-refractivity contribution in [1.29, 1.82) is 0 Å². The van der Waals surface area contributed by atoms with Gasteiger partial charge < -0.3 is 25.2 Å². The molecule has 0 aliphatic heterocycles. The topological polar surface area (TPSA) is 96.9 Å². The van der Waals surface area contributed by atoms with Crippen LogP contribution >= 0.6 is 0 Å². The first-order valence-electron chi connectivity index (χ1n) is 8.35. The van der Waals surface area contributed by atoms with E-state index in [1.165, 1.54) is 0 Å². The molecule has 0 aliphatic rings. The van der Waals surface area contributed by atoms with Gasteiger partial charge in [-0.25, -0.2) is 9.59 Å². The number of benzene rings is 1. The molecular weight excluding hydrogens is 324 g/mol. The summed E-state index contributed by atoms with van der Waals surface area (Å²) >= 11 is 0. The maximum Gasteiger partial charge on any atom is 0.407 e. The second-order valence-corrected chi connectivity index (χ2v) is 6.64. The second kappa shape index (κ2) is 10.6. The van der Waals surface area contributed by atoms with Crippen LogP contribution in [0.4, 0.5) is 9.59 Å². The van der Waals surface area contributed by atoms with Gasteiger partial charge in [0.05, 0.1) is 19.3 Å². The van der Waals surface area contributed by atoms with Gasteiger partial charge >= 0.3 is 12.2 Å². The van der Waals surface area contributed by atoms with E-state index in [0.717, 1.165) is 5.56 Å². The van der Waals surface area contributed by atoms with Crippen molar-refractivity contribution in [3.63, 3.8) is 0 Å². The Kier molecular flexibility index (Phi) is 8.77.